The van der Waals surface area contributed by atoms with Crippen molar-refractivity contribution in [1.29, 1.82) is 0 Å². The summed E-state index contributed by atoms with van der Waals surface area (Å²) in [7, 11) is 0. The highest BCUT2D eigenvalue weighted by atomic mass is 35.5. The number of nitrogens with two attached hydrogens (primary N) is 1. The first-order valence-corrected chi connectivity index (χ1v) is 7.94. The highest BCUT2D eigenvalue weighted by molar-refractivity contribution is 7.20. The fourth-order valence-electron chi connectivity index (χ4n) is 2.51. The van der Waals surface area contributed by atoms with Gasteiger partial charge in [0.2, 0.25) is 0 Å². The van der Waals surface area contributed by atoms with Gasteiger partial charge in [0.05, 0.1) is 10.2 Å². The molecule has 0 bridgehead atoms. The van der Waals surface area contributed by atoms with Gasteiger partial charge < -0.3 is 11.1 Å². The van der Waals surface area contributed by atoms with Gasteiger partial charge >= 0.3 is 0 Å². The smallest absolute Gasteiger partial charge is 0.280 e. The van der Waals surface area contributed by atoms with Crippen molar-refractivity contribution < 1.29 is 4.79 Å². The lowest BCUT2D eigenvalue weighted by Crippen LogP contribution is -2.40. The molecule has 2 aromatic rings. The van der Waals surface area contributed by atoms with Gasteiger partial charge in [0.1, 0.15) is 0 Å². The standard InChI is InChI=1S/C14H16ClN3OS/c15-8-1-6-11-12(7-8)20-14(18-11)13(19)17-10-4-2-9(16)3-5-10/h1,6-7,9-10H,2-5,16H2,(H,17,19)/t9-,10-. The summed E-state index contributed by atoms with van der Waals surface area (Å²) in [5.41, 5.74) is 6.68. The molecule has 0 spiro atoms. The number of hydrogen-bond acceptors (Lipinski definition) is 4. The van der Waals surface area contributed by atoms with Gasteiger partial charge in [-0.2, -0.15) is 0 Å². The average molecular weight is 310 g/mol. The van der Waals surface area contributed by atoms with E-state index in [2.05, 4.69) is 10.3 Å². The summed E-state index contributed by atoms with van der Waals surface area (Å²) in [5.74, 6) is -0.0946. The van der Waals surface area contributed by atoms with Crippen LogP contribution >= 0.6 is 22.9 Å². The second kappa shape index (κ2) is 5.68. The van der Waals surface area contributed by atoms with Crippen molar-refractivity contribution in [2.75, 3.05) is 0 Å². The maximum absolute atomic E-state index is 12.2. The molecule has 0 radical (unpaired) electrons. The van der Waals surface area contributed by atoms with Crippen LogP contribution in [0.4, 0.5) is 0 Å². The lowest BCUT2D eigenvalue weighted by molar-refractivity contribution is 0.0925. The lowest BCUT2D eigenvalue weighted by Gasteiger charge is -2.26. The largest absolute Gasteiger partial charge is 0.347 e. The number of aromatic nitrogens is 1. The Bertz CT molecular complexity index is 634. The topological polar surface area (TPSA) is 68.0 Å². The highest BCUT2D eigenvalue weighted by Crippen LogP contribution is 2.25. The van der Waals surface area contributed by atoms with Crippen molar-refractivity contribution in [1.82, 2.24) is 10.3 Å². The number of halogens is 1. The Kier molecular flexibility index (Phi) is 3.92. The van der Waals surface area contributed by atoms with E-state index in [0.29, 0.717) is 10.0 Å². The molecule has 3 N–H and O–H groups in total. The van der Waals surface area contributed by atoms with E-state index < -0.39 is 0 Å². The van der Waals surface area contributed by atoms with Gasteiger partial charge in [-0.1, -0.05) is 11.6 Å². The minimum atomic E-state index is -0.0946. The van der Waals surface area contributed by atoms with Crippen molar-refractivity contribution >= 4 is 39.1 Å². The fraction of sp³-hybridized carbons (Fsp3) is 0.429. The van der Waals surface area contributed by atoms with Crippen molar-refractivity contribution in [3.63, 3.8) is 0 Å². The molecule has 0 saturated heterocycles. The van der Waals surface area contributed by atoms with Gasteiger partial charge in [0.25, 0.3) is 5.91 Å². The molecule has 0 unspecified atom stereocenters. The van der Waals surface area contributed by atoms with Gasteiger partial charge in [-0.25, -0.2) is 4.98 Å². The Morgan fingerprint density at radius 3 is 2.85 bits per heavy atom. The van der Waals surface area contributed by atoms with E-state index >= 15 is 0 Å². The molecule has 20 heavy (non-hydrogen) atoms. The molecule has 1 aliphatic rings. The number of nitrogens with one attached hydrogen (secondary N) is 1. The molecule has 3 rings (SSSR count). The van der Waals surface area contributed by atoms with Crippen LogP contribution in [-0.2, 0) is 0 Å². The predicted octanol–water partition coefficient (Wildman–Crippen LogP) is 2.95. The van der Waals surface area contributed by atoms with E-state index in [1.807, 2.05) is 12.1 Å². The van der Waals surface area contributed by atoms with Crippen LogP contribution in [0.25, 0.3) is 10.2 Å². The first-order chi connectivity index (χ1) is 9.61. The number of rotatable bonds is 2. The zero-order valence-corrected chi connectivity index (χ0v) is 12.5. The Balaban J connectivity index is 1.72. The molecule has 6 heteroatoms. The van der Waals surface area contributed by atoms with Crippen LogP contribution in [0.5, 0.6) is 0 Å². The molecule has 1 amide bonds. The number of hydrogen-bond donors (Lipinski definition) is 2. The Hall–Kier alpha value is -1.17. The number of amides is 1. The summed E-state index contributed by atoms with van der Waals surface area (Å²) >= 11 is 7.32. The van der Waals surface area contributed by atoms with E-state index in [9.17, 15) is 4.79 Å². The summed E-state index contributed by atoms with van der Waals surface area (Å²) in [4.78, 5) is 16.6. The molecule has 4 nitrogen and oxygen atoms in total. The zero-order valence-electron chi connectivity index (χ0n) is 10.9. The SMILES string of the molecule is N[C@H]1CC[C@H](NC(=O)c2nc3ccc(Cl)cc3s2)CC1. The van der Waals surface area contributed by atoms with Crippen molar-refractivity contribution in [3.8, 4) is 0 Å². The van der Waals surface area contributed by atoms with Crippen LogP contribution in [0.15, 0.2) is 18.2 Å². The first kappa shape index (κ1) is 13.8. The second-order valence-corrected chi connectivity index (χ2v) is 6.68. The Morgan fingerprint density at radius 2 is 2.10 bits per heavy atom. The minimum Gasteiger partial charge on any atom is -0.347 e. The molecule has 1 aromatic carbocycles. The maximum atomic E-state index is 12.2. The van der Waals surface area contributed by atoms with Gasteiger partial charge in [-0.05, 0) is 43.9 Å². The number of carbonyl (C=O) groups excluding carboxylic acids is 1. The molecule has 0 aliphatic heterocycles. The summed E-state index contributed by atoms with van der Waals surface area (Å²) in [6, 6.07) is 5.97. The van der Waals surface area contributed by atoms with Crippen LogP contribution in [0.2, 0.25) is 5.02 Å². The summed E-state index contributed by atoms with van der Waals surface area (Å²) in [5, 5.41) is 4.21. The van der Waals surface area contributed by atoms with Gasteiger partial charge in [-0.15, -0.1) is 11.3 Å². The molecule has 1 heterocycles. The number of fused-ring (bicyclic) bond motifs is 1. The number of benzene rings is 1. The molecule has 1 fully saturated rings. The normalized spacial score (nSPS) is 22.9. The third kappa shape index (κ3) is 2.95. The van der Waals surface area contributed by atoms with Gasteiger partial charge in [0.15, 0.2) is 5.01 Å². The van der Waals surface area contributed by atoms with E-state index in [0.717, 1.165) is 35.9 Å². The maximum Gasteiger partial charge on any atom is 0.280 e. The number of thiazole rings is 1. The fourth-order valence-corrected chi connectivity index (χ4v) is 3.65. The number of carbonyl (C=O) groups is 1. The third-order valence-electron chi connectivity index (χ3n) is 3.65. The molecule has 1 aromatic heterocycles. The van der Waals surface area contributed by atoms with E-state index in [4.69, 9.17) is 17.3 Å². The number of nitrogens with zero attached hydrogens (tertiary/aromatic N) is 1. The van der Waals surface area contributed by atoms with E-state index in [-0.39, 0.29) is 18.0 Å². The van der Waals surface area contributed by atoms with Crippen molar-refractivity contribution in [3.05, 3.63) is 28.2 Å². The van der Waals surface area contributed by atoms with Crippen LogP contribution in [0, 0.1) is 0 Å². The zero-order chi connectivity index (χ0) is 14.1. The third-order valence-corrected chi connectivity index (χ3v) is 4.90. The molecule has 1 saturated carbocycles. The summed E-state index contributed by atoms with van der Waals surface area (Å²) < 4.78 is 0.938. The minimum absolute atomic E-state index is 0.0946. The lowest BCUT2D eigenvalue weighted by atomic mass is 9.92. The average Bonchev–Trinajstić information content (AvgIpc) is 2.84. The monoisotopic (exact) mass is 309 g/mol. The second-order valence-electron chi connectivity index (χ2n) is 5.22. The van der Waals surface area contributed by atoms with Gasteiger partial charge in [0, 0.05) is 17.1 Å². The summed E-state index contributed by atoms with van der Waals surface area (Å²) in [6.07, 6.45) is 3.84. The van der Waals surface area contributed by atoms with Crippen molar-refractivity contribution in [2.24, 2.45) is 5.73 Å². The molecular formula is C14H16ClN3OS. The molecule has 1 aliphatic carbocycles. The van der Waals surface area contributed by atoms with Crippen LogP contribution in [0.1, 0.15) is 35.5 Å². The first-order valence-electron chi connectivity index (χ1n) is 6.74. The van der Waals surface area contributed by atoms with Crippen LogP contribution < -0.4 is 11.1 Å². The molecule has 106 valence electrons. The van der Waals surface area contributed by atoms with Crippen LogP contribution in [-0.4, -0.2) is 23.0 Å². The Labute approximate surface area is 126 Å². The highest BCUT2D eigenvalue weighted by Gasteiger charge is 2.22. The summed E-state index contributed by atoms with van der Waals surface area (Å²) in [6.45, 7) is 0. The van der Waals surface area contributed by atoms with Crippen molar-refractivity contribution in [2.45, 2.75) is 37.8 Å². The molecular weight excluding hydrogens is 294 g/mol. The predicted molar refractivity (Wildman–Crippen MR) is 82.3 cm³/mol. The Morgan fingerprint density at radius 1 is 1.35 bits per heavy atom. The van der Waals surface area contributed by atoms with Gasteiger partial charge in [-0.3, -0.25) is 4.79 Å². The van der Waals surface area contributed by atoms with Crippen LogP contribution in [0.3, 0.4) is 0 Å². The van der Waals surface area contributed by atoms with E-state index in [1.165, 1.54) is 11.3 Å². The van der Waals surface area contributed by atoms with E-state index in [1.54, 1.807) is 6.07 Å². The molecule has 0 atom stereocenters. The quantitative estimate of drug-likeness (QED) is 0.896.